The van der Waals surface area contributed by atoms with E-state index in [1.807, 2.05) is 6.92 Å². The minimum absolute atomic E-state index is 0.0119. The van der Waals surface area contributed by atoms with Gasteiger partial charge in [-0.05, 0) is 31.7 Å². The Bertz CT molecular complexity index is 534. The molecule has 0 saturated heterocycles. The number of aliphatic hydroxyl groups excluding tert-OH is 1. The Morgan fingerprint density at radius 3 is 2.71 bits per heavy atom. The van der Waals surface area contributed by atoms with Gasteiger partial charge in [-0.25, -0.2) is 0 Å². The maximum absolute atomic E-state index is 12.2. The molecule has 5 heteroatoms. The zero-order valence-corrected chi connectivity index (χ0v) is 12.5. The number of amides is 1. The summed E-state index contributed by atoms with van der Waals surface area (Å²) in [6, 6.07) is 4.80. The van der Waals surface area contributed by atoms with Crippen LogP contribution in [0.4, 0.5) is 0 Å². The second-order valence-electron chi connectivity index (χ2n) is 6.13. The highest BCUT2D eigenvalue weighted by Crippen LogP contribution is 2.32. The van der Waals surface area contributed by atoms with Gasteiger partial charge in [0.05, 0.1) is 12.1 Å². The fourth-order valence-corrected chi connectivity index (χ4v) is 3.11. The highest BCUT2D eigenvalue weighted by atomic mass is 16.3. The molecule has 1 aromatic rings. The summed E-state index contributed by atoms with van der Waals surface area (Å²) in [5.41, 5.74) is -0.799. The molecule has 1 heterocycles. The molecular weight excluding hydrogens is 268 g/mol. The van der Waals surface area contributed by atoms with E-state index in [-0.39, 0.29) is 24.6 Å². The molecule has 1 atom stereocenters. The van der Waals surface area contributed by atoms with Crippen molar-refractivity contribution in [2.24, 2.45) is 5.92 Å². The standard InChI is InChI=1S/C16H24N2O3/c1-16(12-19,13-7-3-2-4-8-13)17-14(20)11-18-10-6-5-9-15(18)21/h5-6,9-10,13,19H,2-4,7-8,11-12H2,1H3,(H,17,20)/t16-/m1/s1. The van der Waals surface area contributed by atoms with Gasteiger partial charge in [-0.2, -0.15) is 0 Å². The lowest BCUT2D eigenvalue weighted by atomic mass is 9.76. The summed E-state index contributed by atoms with van der Waals surface area (Å²) >= 11 is 0. The third-order valence-electron chi connectivity index (χ3n) is 4.47. The van der Waals surface area contributed by atoms with E-state index in [0.717, 1.165) is 25.7 Å². The Labute approximate surface area is 125 Å². The van der Waals surface area contributed by atoms with Crippen molar-refractivity contribution in [3.8, 4) is 0 Å². The van der Waals surface area contributed by atoms with Crippen LogP contribution in [0, 0.1) is 5.92 Å². The van der Waals surface area contributed by atoms with E-state index in [2.05, 4.69) is 5.32 Å². The average Bonchev–Trinajstić information content (AvgIpc) is 2.50. The molecule has 2 rings (SSSR count). The first kappa shape index (κ1) is 15.8. The number of rotatable bonds is 5. The summed E-state index contributed by atoms with van der Waals surface area (Å²) in [5.74, 6) is 0.0677. The number of hydrogen-bond donors (Lipinski definition) is 2. The van der Waals surface area contributed by atoms with E-state index in [9.17, 15) is 14.7 Å². The van der Waals surface area contributed by atoms with E-state index < -0.39 is 5.54 Å². The topological polar surface area (TPSA) is 71.3 Å². The molecule has 0 aromatic carbocycles. The minimum atomic E-state index is -0.601. The fourth-order valence-electron chi connectivity index (χ4n) is 3.11. The van der Waals surface area contributed by atoms with Crippen LogP contribution in [-0.2, 0) is 11.3 Å². The maximum Gasteiger partial charge on any atom is 0.250 e. The number of hydrogen-bond acceptors (Lipinski definition) is 3. The predicted octanol–water partition coefficient (Wildman–Crippen LogP) is 1.30. The van der Waals surface area contributed by atoms with Crippen LogP contribution in [0.1, 0.15) is 39.0 Å². The first-order valence-electron chi connectivity index (χ1n) is 7.62. The number of aliphatic hydroxyl groups is 1. The van der Waals surface area contributed by atoms with Crippen LogP contribution in [0.15, 0.2) is 29.2 Å². The van der Waals surface area contributed by atoms with Crippen LogP contribution in [0.2, 0.25) is 0 Å². The first-order valence-corrected chi connectivity index (χ1v) is 7.62. The highest BCUT2D eigenvalue weighted by Gasteiger charge is 2.35. The smallest absolute Gasteiger partial charge is 0.250 e. The summed E-state index contributed by atoms with van der Waals surface area (Å²) in [7, 11) is 0. The lowest BCUT2D eigenvalue weighted by Crippen LogP contribution is -2.55. The molecular formula is C16H24N2O3. The van der Waals surface area contributed by atoms with Crippen molar-refractivity contribution in [1.29, 1.82) is 0 Å². The average molecular weight is 292 g/mol. The second-order valence-corrected chi connectivity index (χ2v) is 6.13. The largest absolute Gasteiger partial charge is 0.394 e. The van der Waals surface area contributed by atoms with Crippen molar-refractivity contribution in [3.63, 3.8) is 0 Å². The van der Waals surface area contributed by atoms with Crippen LogP contribution in [0.3, 0.4) is 0 Å². The van der Waals surface area contributed by atoms with Gasteiger partial charge in [-0.3, -0.25) is 9.59 Å². The Hall–Kier alpha value is -1.62. The third-order valence-corrected chi connectivity index (χ3v) is 4.47. The third kappa shape index (κ3) is 3.94. The zero-order chi connectivity index (χ0) is 15.3. The molecule has 0 unspecified atom stereocenters. The molecule has 0 bridgehead atoms. The van der Waals surface area contributed by atoms with Gasteiger partial charge in [-0.15, -0.1) is 0 Å². The maximum atomic E-state index is 12.2. The molecule has 21 heavy (non-hydrogen) atoms. The highest BCUT2D eigenvalue weighted by molar-refractivity contribution is 5.76. The second kappa shape index (κ2) is 6.89. The van der Waals surface area contributed by atoms with Gasteiger partial charge in [0, 0.05) is 12.3 Å². The van der Waals surface area contributed by atoms with Crippen molar-refractivity contribution in [2.75, 3.05) is 6.61 Å². The number of nitrogens with zero attached hydrogens (tertiary/aromatic N) is 1. The molecule has 5 nitrogen and oxygen atoms in total. The quantitative estimate of drug-likeness (QED) is 0.859. The molecule has 0 radical (unpaired) electrons. The van der Waals surface area contributed by atoms with Crippen molar-refractivity contribution < 1.29 is 9.90 Å². The Balaban J connectivity index is 2.02. The fraction of sp³-hybridized carbons (Fsp3) is 0.625. The molecule has 1 aromatic heterocycles. The van der Waals surface area contributed by atoms with Crippen LogP contribution in [0.5, 0.6) is 0 Å². The van der Waals surface area contributed by atoms with E-state index in [1.165, 1.54) is 17.1 Å². The van der Waals surface area contributed by atoms with E-state index in [1.54, 1.807) is 18.3 Å². The summed E-state index contributed by atoms with van der Waals surface area (Å²) in [4.78, 5) is 23.8. The molecule has 1 saturated carbocycles. The Morgan fingerprint density at radius 2 is 2.10 bits per heavy atom. The minimum Gasteiger partial charge on any atom is -0.394 e. The molecule has 1 fully saturated rings. The molecule has 116 valence electrons. The molecule has 1 aliphatic carbocycles. The number of nitrogens with one attached hydrogen (secondary N) is 1. The van der Waals surface area contributed by atoms with Gasteiger partial charge in [0.1, 0.15) is 6.54 Å². The van der Waals surface area contributed by atoms with E-state index in [0.29, 0.717) is 5.92 Å². The van der Waals surface area contributed by atoms with Crippen molar-refractivity contribution in [3.05, 3.63) is 34.7 Å². The normalized spacial score (nSPS) is 19.0. The number of carbonyl (C=O) groups excluding carboxylic acids is 1. The molecule has 2 N–H and O–H groups in total. The van der Waals surface area contributed by atoms with Gasteiger partial charge in [0.15, 0.2) is 0 Å². The van der Waals surface area contributed by atoms with E-state index in [4.69, 9.17) is 0 Å². The van der Waals surface area contributed by atoms with Crippen LogP contribution < -0.4 is 10.9 Å². The summed E-state index contributed by atoms with van der Waals surface area (Å²) in [6.45, 7) is 1.81. The van der Waals surface area contributed by atoms with Crippen molar-refractivity contribution in [2.45, 2.75) is 51.1 Å². The Kier molecular flexibility index (Phi) is 5.17. The molecule has 0 aliphatic heterocycles. The van der Waals surface area contributed by atoms with Crippen LogP contribution in [-0.4, -0.2) is 27.7 Å². The number of pyridine rings is 1. The number of carbonyl (C=O) groups is 1. The van der Waals surface area contributed by atoms with Crippen molar-refractivity contribution in [1.82, 2.24) is 9.88 Å². The van der Waals surface area contributed by atoms with Gasteiger partial charge < -0.3 is 15.0 Å². The van der Waals surface area contributed by atoms with Crippen LogP contribution in [0.25, 0.3) is 0 Å². The van der Waals surface area contributed by atoms with Gasteiger partial charge in [0.2, 0.25) is 5.91 Å². The molecule has 0 spiro atoms. The number of aromatic nitrogens is 1. The zero-order valence-electron chi connectivity index (χ0n) is 12.5. The lowest BCUT2D eigenvalue weighted by Gasteiger charge is -2.39. The van der Waals surface area contributed by atoms with Gasteiger partial charge >= 0.3 is 0 Å². The van der Waals surface area contributed by atoms with Gasteiger partial charge in [-0.1, -0.05) is 25.3 Å². The van der Waals surface area contributed by atoms with E-state index >= 15 is 0 Å². The summed E-state index contributed by atoms with van der Waals surface area (Å²) in [6.07, 6.45) is 7.18. The summed E-state index contributed by atoms with van der Waals surface area (Å²) in [5, 5.41) is 12.7. The Morgan fingerprint density at radius 1 is 1.38 bits per heavy atom. The monoisotopic (exact) mass is 292 g/mol. The predicted molar refractivity (Wildman–Crippen MR) is 80.9 cm³/mol. The van der Waals surface area contributed by atoms with Crippen molar-refractivity contribution >= 4 is 5.91 Å². The lowest BCUT2D eigenvalue weighted by molar-refractivity contribution is -0.125. The van der Waals surface area contributed by atoms with Crippen LogP contribution >= 0.6 is 0 Å². The molecule has 1 aliphatic rings. The molecule has 1 amide bonds. The van der Waals surface area contributed by atoms with Gasteiger partial charge in [0.25, 0.3) is 5.56 Å². The summed E-state index contributed by atoms with van der Waals surface area (Å²) < 4.78 is 1.37. The SMILES string of the molecule is C[C@](CO)(NC(=O)Cn1ccccc1=O)C1CCCCC1. The first-order chi connectivity index (χ1) is 10.0.